The first-order valence-corrected chi connectivity index (χ1v) is 9.29. The second-order valence-corrected chi connectivity index (χ2v) is 7.02. The molecule has 2 aliphatic rings. The molecule has 2 aliphatic heterocycles. The molecule has 0 aliphatic carbocycles. The number of amides is 2. The van der Waals surface area contributed by atoms with Gasteiger partial charge in [-0.25, -0.2) is 5.01 Å². The number of nitrogens with zero attached hydrogens (tertiary/aromatic N) is 2. The van der Waals surface area contributed by atoms with Gasteiger partial charge in [0.1, 0.15) is 5.92 Å². The van der Waals surface area contributed by atoms with Crippen molar-refractivity contribution >= 4 is 11.8 Å². The van der Waals surface area contributed by atoms with Crippen LogP contribution in [0.5, 0.6) is 0 Å². The summed E-state index contributed by atoms with van der Waals surface area (Å²) >= 11 is 0. The molecule has 0 spiro atoms. The monoisotopic (exact) mass is 344 g/mol. The van der Waals surface area contributed by atoms with Crippen LogP contribution < -0.4 is 0 Å². The molecule has 5 nitrogen and oxygen atoms in total. The molecule has 136 valence electrons. The van der Waals surface area contributed by atoms with Crippen LogP contribution in [0.4, 0.5) is 0 Å². The van der Waals surface area contributed by atoms with Crippen LogP contribution in [0.2, 0.25) is 0 Å². The molecular formula is C20H28N2O3. The fourth-order valence-corrected chi connectivity index (χ4v) is 4.16. The van der Waals surface area contributed by atoms with E-state index in [1.165, 1.54) is 5.56 Å². The van der Waals surface area contributed by atoms with Crippen LogP contribution in [0.15, 0.2) is 12.1 Å². The van der Waals surface area contributed by atoms with Crippen LogP contribution in [0, 0.1) is 6.92 Å². The Morgan fingerprint density at radius 3 is 2.24 bits per heavy atom. The van der Waals surface area contributed by atoms with Crippen molar-refractivity contribution in [3.05, 3.63) is 34.4 Å². The predicted molar refractivity (Wildman–Crippen MR) is 96.1 cm³/mol. The number of fused-ring (bicyclic) bond motifs is 1. The Balaban J connectivity index is 2.04. The minimum Gasteiger partial charge on any atom is -0.380 e. The van der Waals surface area contributed by atoms with Gasteiger partial charge < -0.3 is 4.74 Å². The van der Waals surface area contributed by atoms with E-state index in [2.05, 4.69) is 32.9 Å². The van der Waals surface area contributed by atoms with Gasteiger partial charge in [0, 0.05) is 13.7 Å². The van der Waals surface area contributed by atoms with Crippen LogP contribution >= 0.6 is 0 Å². The molecule has 0 saturated carbocycles. The smallest absolute Gasteiger partial charge is 0.258 e. The SMILES string of the molecule is CCc1cc(C)cc(CC)c1C1C(=O)N2CCCC(OC)CN2C1=O. The van der Waals surface area contributed by atoms with Crippen molar-refractivity contribution < 1.29 is 14.3 Å². The van der Waals surface area contributed by atoms with Crippen molar-refractivity contribution in [3.8, 4) is 0 Å². The van der Waals surface area contributed by atoms with E-state index in [-0.39, 0.29) is 17.9 Å². The van der Waals surface area contributed by atoms with E-state index >= 15 is 0 Å². The van der Waals surface area contributed by atoms with Gasteiger partial charge in [-0.2, -0.15) is 0 Å². The lowest BCUT2D eigenvalue weighted by atomic mass is 9.85. The van der Waals surface area contributed by atoms with Crippen molar-refractivity contribution in [1.29, 1.82) is 0 Å². The van der Waals surface area contributed by atoms with E-state index in [1.807, 2.05) is 0 Å². The molecule has 0 radical (unpaired) electrons. The number of rotatable bonds is 4. The molecule has 5 heteroatoms. The third-order valence-electron chi connectivity index (χ3n) is 5.45. The first-order chi connectivity index (χ1) is 12.0. The summed E-state index contributed by atoms with van der Waals surface area (Å²) in [5.41, 5.74) is 4.36. The zero-order valence-electron chi connectivity index (χ0n) is 15.7. The van der Waals surface area contributed by atoms with Crippen LogP contribution in [0.3, 0.4) is 0 Å². The number of ether oxygens (including phenoxy) is 1. The molecule has 0 bridgehead atoms. The van der Waals surface area contributed by atoms with Gasteiger partial charge in [-0.15, -0.1) is 0 Å². The Bertz CT molecular complexity index is 661. The highest BCUT2D eigenvalue weighted by atomic mass is 16.5. The standard InChI is InChI=1S/C20H28N2O3/c1-5-14-10-13(3)11-15(6-2)17(14)18-19(23)21-9-7-8-16(25-4)12-22(21)20(18)24/h10-11,16,18H,5-9,12H2,1-4H3. The molecular weight excluding hydrogens is 316 g/mol. The van der Waals surface area contributed by atoms with E-state index < -0.39 is 5.92 Å². The summed E-state index contributed by atoms with van der Waals surface area (Å²) in [6.45, 7) is 7.30. The molecule has 25 heavy (non-hydrogen) atoms. The van der Waals surface area contributed by atoms with Crippen molar-refractivity contribution in [2.24, 2.45) is 0 Å². The van der Waals surface area contributed by atoms with Gasteiger partial charge in [0.2, 0.25) is 0 Å². The minimum absolute atomic E-state index is 0.00481. The average Bonchev–Trinajstić information content (AvgIpc) is 2.78. The third kappa shape index (κ3) is 3.06. The molecule has 2 saturated heterocycles. The summed E-state index contributed by atoms with van der Waals surface area (Å²) in [6.07, 6.45) is 3.37. The quantitative estimate of drug-likeness (QED) is 0.789. The topological polar surface area (TPSA) is 49.9 Å². The van der Waals surface area contributed by atoms with Crippen LogP contribution in [0.1, 0.15) is 54.9 Å². The third-order valence-corrected chi connectivity index (χ3v) is 5.45. The average molecular weight is 344 g/mol. The Morgan fingerprint density at radius 1 is 1.08 bits per heavy atom. The zero-order valence-corrected chi connectivity index (χ0v) is 15.7. The first kappa shape index (κ1) is 17.9. The Labute approximate surface area is 149 Å². The van der Waals surface area contributed by atoms with Gasteiger partial charge >= 0.3 is 0 Å². The van der Waals surface area contributed by atoms with Gasteiger partial charge in [-0.3, -0.25) is 14.6 Å². The molecule has 0 aromatic heterocycles. The maximum Gasteiger partial charge on any atom is 0.258 e. The van der Waals surface area contributed by atoms with E-state index in [0.29, 0.717) is 13.1 Å². The fourth-order valence-electron chi connectivity index (χ4n) is 4.16. The Morgan fingerprint density at radius 2 is 1.68 bits per heavy atom. The predicted octanol–water partition coefficient (Wildman–Crippen LogP) is 2.60. The number of benzene rings is 1. The number of hydrogen-bond donors (Lipinski definition) is 0. The minimum atomic E-state index is -0.693. The molecule has 3 rings (SSSR count). The second-order valence-electron chi connectivity index (χ2n) is 7.02. The molecule has 1 aromatic rings. The number of carbonyl (C=O) groups excluding carboxylic acids is 2. The van der Waals surface area contributed by atoms with E-state index in [0.717, 1.165) is 42.4 Å². The largest absolute Gasteiger partial charge is 0.380 e. The number of hydrazine groups is 1. The first-order valence-electron chi connectivity index (χ1n) is 9.29. The summed E-state index contributed by atoms with van der Waals surface area (Å²) in [4.78, 5) is 26.3. The molecule has 2 unspecified atom stereocenters. The molecule has 1 aromatic carbocycles. The fraction of sp³-hybridized carbons (Fsp3) is 0.600. The molecule has 2 fully saturated rings. The van der Waals surface area contributed by atoms with Crippen LogP contribution in [0.25, 0.3) is 0 Å². The summed E-state index contributed by atoms with van der Waals surface area (Å²) in [5.74, 6) is -0.863. The van der Waals surface area contributed by atoms with Gasteiger partial charge in [-0.05, 0) is 49.3 Å². The summed E-state index contributed by atoms with van der Waals surface area (Å²) < 4.78 is 5.48. The highest BCUT2D eigenvalue weighted by Gasteiger charge is 2.48. The summed E-state index contributed by atoms with van der Waals surface area (Å²) in [6, 6.07) is 4.23. The van der Waals surface area contributed by atoms with Crippen LogP contribution in [-0.2, 0) is 27.2 Å². The number of carbonyl (C=O) groups is 2. The Hall–Kier alpha value is -1.88. The van der Waals surface area contributed by atoms with E-state index in [1.54, 1.807) is 17.1 Å². The van der Waals surface area contributed by atoms with Crippen molar-refractivity contribution in [2.75, 3.05) is 20.2 Å². The number of aryl methyl sites for hydroxylation is 3. The lowest BCUT2D eigenvalue weighted by molar-refractivity contribution is -0.147. The molecule has 2 heterocycles. The lowest BCUT2D eigenvalue weighted by Gasteiger charge is -2.26. The highest BCUT2D eigenvalue weighted by Crippen LogP contribution is 2.36. The molecule has 2 amide bonds. The van der Waals surface area contributed by atoms with E-state index in [4.69, 9.17) is 4.74 Å². The van der Waals surface area contributed by atoms with Crippen molar-refractivity contribution in [2.45, 2.75) is 58.5 Å². The lowest BCUT2D eigenvalue weighted by Crippen LogP contribution is -2.43. The highest BCUT2D eigenvalue weighted by molar-refractivity contribution is 6.10. The van der Waals surface area contributed by atoms with E-state index in [9.17, 15) is 9.59 Å². The maximum atomic E-state index is 13.2. The molecule has 0 N–H and O–H groups in total. The molecule has 2 atom stereocenters. The summed E-state index contributed by atoms with van der Waals surface area (Å²) in [5, 5.41) is 3.29. The summed E-state index contributed by atoms with van der Waals surface area (Å²) in [7, 11) is 1.67. The van der Waals surface area contributed by atoms with Gasteiger partial charge in [0.15, 0.2) is 0 Å². The normalized spacial score (nSPS) is 23.8. The maximum absolute atomic E-state index is 13.2. The Kier molecular flexibility index (Phi) is 5.13. The van der Waals surface area contributed by atoms with Gasteiger partial charge in [-0.1, -0.05) is 31.5 Å². The van der Waals surface area contributed by atoms with Crippen molar-refractivity contribution in [3.63, 3.8) is 0 Å². The number of methoxy groups -OCH3 is 1. The second kappa shape index (κ2) is 7.16. The van der Waals surface area contributed by atoms with Gasteiger partial charge in [0.25, 0.3) is 11.8 Å². The number of hydrogen-bond acceptors (Lipinski definition) is 3. The van der Waals surface area contributed by atoms with Crippen LogP contribution in [-0.4, -0.2) is 48.1 Å². The van der Waals surface area contributed by atoms with Gasteiger partial charge in [0.05, 0.1) is 12.6 Å². The zero-order chi connectivity index (χ0) is 18.1. The van der Waals surface area contributed by atoms with Crippen molar-refractivity contribution in [1.82, 2.24) is 10.0 Å².